The lowest BCUT2D eigenvalue weighted by atomic mass is 10.2. The second-order valence-corrected chi connectivity index (χ2v) is 5.89. The van der Waals surface area contributed by atoms with Gasteiger partial charge in [0.05, 0.1) is 5.75 Å². The number of anilines is 1. The molecule has 0 saturated heterocycles. The molecule has 2 amide bonds. The Labute approximate surface area is 138 Å². The van der Waals surface area contributed by atoms with E-state index in [-0.39, 0.29) is 30.4 Å². The van der Waals surface area contributed by atoms with Gasteiger partial charge in [0.2, 0.25) is 11.8 Å². The maximum atomic E-state index is 12.9. The molecule has 23 heavy (non-hydrogen) atoms. The van der Waals surface area contributed by atoms with Crippen molar-refractivity contribution in [3.63, 3.8) is 0 Å². The highest BCUT2D eigenvalue weighted by Crippen LogP contribution is 2.21. The fourth-order valence-corrected chi connectivity index (χ4v) is 2.76. The molecule has 0 heterocycles. The highest BCUT2D eigenvalue weighted by molar-refractivity contribution is 8.00. The van der Waals surface area contributed by atoms with E-state index in [1.54, 1.807) is 29.2 Å². The van der Waals surface area contributed by atoms with Crippen LogP contribution in [0.15, 0.2) is 59.5 Å². The summed E-state index contributed by atoms with van der Waals surface area (Å²) in [6, 6.07) is 15.1. The first-order valence-corrected chi connectivity index (χ1v) is 8.07. The van der Waals surface area contributed by atoms with Gasteiger partial charge < -0.3 is 10.6 Å². The lowest BCUT2D eigenvalue weighted by Crippen LogP contribution is -2.35. The molecule has 2 aromatic rings. The van der Waals surface area contributed by atoms with Gasteiger partial charge in [-0.3, -0.25) is 9.59 Å². The van der Waals surface area contributed by atoms with Crippen molar-refractivity contribution in [2.75, 3.05) is 17.2 Å². The van der Waals surface area contributed by atoms with E-state index in [1.807, 2.05) is 18.2 Å². The Hall–Kier alpha value is -2.34. The summed E-state index contributed by atoms with van der Waals surface area (Å²) < 4.78 is 12.9. The normalized spacial score (nSPS) is 10.3. The molecule has 0 bridgehead atoms. The second-order valence-electron chi connectivity index (χ2n) is 4.84. The number of para-hydroxylation sites is 1. The SMILES string of the molecule is NC(=O)CCN(C(=O)CSc1ccc(F)cc1)c1ccccc1. The molecule has 120 valence electrons. The molecular weight excluding hydrogens is 315 g/mol. The zero-order chi connectivity index (χ0) is 16.7. The fourth-order valence-electron chi connectivity index (χ4n) is 1.98. The van der Waals surface area contributed by atoms with E-state index in [4.69, 9.17) is 5.73 Å². The molecule has 4 nitrogen and oxygen atoms in total. The minimum Gasteiger partial charge on any atom is -0.370 e. The van der Waals surface area contributed by atoms with Crippen LogP contribution in [0.2, 0.25) is 0 Å². The number of rotatable bonds is 7. The molecule has 0 radical (unpaired) electrons. The minimum absolute atomic E-state index is 0.0991. The minimum atomic E-state index is -0.454. The molecular formula is C17H17FN2O2S. The van der Waals surface area contributed by atoms with E-state index in [2.05, 4.69) is 0 Å². The first-order chi connectivity index (χ1) is 11.1. The van der Waals surface area contributed by atoms with Crippen LogP contribution in [0.1, 0.15) is 6.42 Å². The fraction of sp³-hybridized carbons (Fsp3) is 0.176. The zero-order valence-corrected chi connectivity index (χ0v) is 13.3. The van der Waals surface area contributed by atoms with E-state index < -0.39 is 5.91 Å². The van der Waals surface area contributed by atoms with Crippen molar-refractivity contribution in [2.24, 2.45) is 5.73 Å². The van der Waals surface area contributed by atoms with Crippen molar-refractivity contribution in [3.05, 3.63) is 60.4 Å². The van der Waals surface area contributed by atoms with E-state index in [0.717, 1.165) is 10.6 Å². The summed E-state index contributed by atoms with van der Waals surface area (Å²) in [5.74, 6) is -0.705. The Morgan fingerprint density at radius 3 is 2.30 bits per heavy atom. The summed E-state index contributed by atoms with van der Waals surface area (Å²) in [7, 11) is 0. The van der Waals surface area contributed by atoms with Gasteiger partial charge in [0.15, 0.2) is 0 Å². The topological polar surface area (TPSA) is 63.4 Å². The van der Waals surface area contributed by atoms with Crippen molar-refractivity contribution in [1.29, 1.82) is 0 Å². The van der Waals surface area contributed by atoms with Crippen LogP contribution in [0.3, 0.4) is 0 Å². The average molecular weight is 332 g/mol. The van der Waals surface area contributed by atoms with Crippen molar-refractivity contribution in [2.45, 2.75) is 11.3 Å². The summed E-state index contributed by atoms with van der Waals surface area (Å²) in [4.78, 5) is 25.8. The molecule has 2 aromatic carbocycles. The highest BCUT2D eigenvalue weighted by Gasteiger charge is 2.16. The number of primary amides is 1. The predicted molar refractivity (Wildman–Crippen MR) is 89.7 cm³/mol. The number of hydrogen-bond acceptors (Lipinski definition) is 3. The summed E-state index contributed by atoms with van der Waals surface area (Å²) in [6.07, 6.45) is 0.0991. The van der Waals surface area contributed by atoms with Crippen molar-refractivity contribution >= 4 is 29.3 Å². The third-order valence-electron chi connectivity index (χ3n) is 3.13. The number of carbonyl (C=O) groups is 2. The predicted octanol–water partition coefficient (Wildman–Crippen LogP) is 2.83. The molecule has 0 fully saturated rings. The Bertz CT molecular complexity index is 662. The maximum absolute atomic E-state index is 12.9. The van der Waals surface area contributed by atoms with Gasteiger partial charge >= 0.3 is 0 Å². The van der Waals surface area contributed by atoms with Crippen molar-refractivity contribution in [3.8, 4) is 0 Å². The largest absolute Gasteiger partial charge is 0.370 e. The van der Waals surface area contributed by atoms with Gasteiger partial charge in [-0.2, -0.15) is 0 Å². The van der Waals surface area contributed by atoms with Crippen LogP contribution in [0, 0.1) is 5.82 Å². The number of thioether (sulfide) groups is 1. The van der Waals surface area contributed by atoms with Gasteiger partial charge in [-0.05, 0) is 36.4 Å². The number of carbonyl (C=O) groups excluding carboxylic acids is 2. The summed E-state index contributed by atoms with van der Waals surface area (Å²) in [5.41, 5.74) is 5.90. The lowest BCUT2D eigenvalue weighted by molar-refractivity contribution is -0.118. The van der Waals surface area contributed by atoms with Crippen LogP contribution in [0.4, 0.5) is 10.1 Å². The van der Waals surface area contributed by atoms with E-state index in [9.17, 15) is 14.0 Å². The number of nitrogens with zero attached hydrogens (tertiary/aromatic N) is 1. The molecule has 0 saturated carbocycles. The highest BCUT2D eigenvalue weighted by atomic mass is 32.2. The maximum Gasteiger partial charge on any atom is 0.237 e. The van der Waals surface area contributed by atoms with E-state index in [0.29, 0.717) is 0 Å². The first kappa shape index (κ1) is 17.0. The third kappa shape index (κ3) is 5.41. The van der Waals surface area contributed by atoms with Crippen molar-refractivity contribution in [1.82, 2.24) is 0 Å². The number of hydrogen-bond donors (Lipinski definition) is 1. The van der Waals surface area contributed by atoms with E-state index in [1.165, 1.54) is 23.9 Å². The molecule has 0 aliphatic carbocycles. The standard InChI is InChI=1S/C17H17FN2O2S/c18-13-6-8-15(9-7-13)23-12-17(22)20(11-10-16(19)21)14-4-2-1-3-5-14/h1-9H,10-12H2,(H2,19,21). The zero-order valence-electron chi connectivity index (χ0n) is 12.4. The molecule has 2 rings (SSSR count). The quantitative estimate of drug-likeness (QED) is 0.793. The molecule has 0 atom stereocenters. The molecule has 0 aromatic heterocycles. The van der Waals surface area contributed by atoms with Gasteiger partial charge in [-0.25, -0.2) is 4.39 Å². The van der Waals surface area contributed by atoms with Crippen LogP contribution >= 0.6 is 11.8 Å². The van der Waals surface area contributed by atoms with Crippen LogP contribution in [0.25, 0.3) is 0 Å². The van der Waals surface area contributed by atoms with Crippen LogP contribution < -0.4 is 10.6 Å². The summed E-state index contributed by atoms with van der Waals surface area (Å²) in [6.45, 7) is 0.238. The Balaban J connectivity index is 2.03. The first-order valence-electron chi connectivity index (χ1n) is 7.08. The molecule has 0 aliphatic rings. The summed E-state index contributed by atoms with van der Waals surface area (Å²) >= 11 is 1.32. The molecule has 0 aliphatic heterocycles. The number of amides is 2. The van der Waals surface area contributed by atoms with Crippen LogP contribution in [0.5, 0.6) is 0 Å². The smallest absolute Gasteiger partial charge is 0.237 e. The van der Waals surface area contributed by atoms with Gasteiger partial charge in [0.25, 0.3) is 0 Å². The van der Waals surface area contributed by atoms with E-state index >= 15 is 0 Å². The van der Waals surface area contributed by atoms with Gasteiger partial charge in [-0.1, -0.05) is 18.2 Å². The molecule has 2 N–H and O–H groups in total. The second kappa shape index (κ2) is 8.33. The Morgan fingerprint density at radius 1 is 1.04 bits per heavy atom. The molecule has 0 unspecified atom stereocenters. The lowest BCUT2D eigenvalue weighted by Gasteiger charge is -2.22. The third-order valence-corrected chi connectivity index (χ3v) is 4.12. The van der Waals surface area contributed by atoms with Crippen LogP contribution in [-0.2, 0) is 9.59 Å². The monoisotopic (exact) mass is 332 g/mol. The van der Waals surface area contributed by atoms with Crippen LogP contribution in [-0.4, -0.2) is 24.1 Å². The van der Waals surface area contributed by atoms with Gasteiger partial charge in [0.1, 0.15) is 5.82 Å². The summed E-state index contributed by atoms with van der Waals surface area (Å²) in [5, 5.41) is 0. The number of nitrogens with two attached hydrogens (primary N) is 1. The van der Waals surface area contributed by atoms with Gasteiger partial charge in [0, 0.05) is 23.5 Å². The Kier molecular flexibility index (Phi) is 6.17. The Morgan fingerprint density at radius 2 is 1.70 bits per heavy atom. The number of halogens is 1. The average Bonchev–Trinajstić information content (AvgIpc) is 2.55. The number of benzene rings is 2. The molecule has 0 spiro atoms. The molecule has 6 heteroatoms. The van der Waals surface area contributed by atoms with Crippen molar-refractivity contribution < 1.29 is 14.0 Å². The van der Waals surface area contributed by atoms with Gasteiger partial charge in [-0.15, -0.1) is 11.8 Å².